The number of para-hydroxylation sites is 2. The fourth-order valence-corrected chi connectivity index (χ4v) is 2.28. The largest absolute Gasteiger partial charge is 0.396 e. The normalized spacial score (nSPS) is 13.8. The number of aromatic nitrogens is 2. The molecule has 0 radical (unpaired) electrons. The van der Waals surface area contributed by atoms with E-state index >= 15 is 0 Å². The minimum atomic E-state index is -0.105. The molecule has 1 heterocycles. The van der Waals surface area contributed by atoms with Crippen molar-refractivity contribution in [3.05, 3.63) is 30.1 Å². The highest BCUT2D eigenvalue weighted by Crippen LogP contribution is 2.19. The third-order valence-corrected chi connectivity index (χ3v) is 4.21. The van der Waals surface area contributed by atoms with E-state index in [0.29, 0.717) is 0 Å². The Morgan fingerprint density at radius 1 is 1.35 bits per heavy atom. The van der Waals surface area contributed by atoms with Crippen molar-refractivity contribution in [2.24, 2.45) is 5.41 Å². The first-order valence-electron chi connectivity index (χ1n) is 7.22. The van der Waals surface area contributed by atoms with Gasteiger partial charge in [-0.25, -0.2) is 4.98 Å². The van der Waals surface area contributed by atoms with Gasteiger partial charge in [-0.1, -0.05) is 26.0 Å². The Bertz CT molecular complexity index is 574. The maximum Gasteiger partial charge on any atom is 0.106 e. The lowest BCUT2D eigenvalue weighted by Crippen LogP contribution is -2.43. The van der Waals surface area contributed by atoms with Crippen LogP contribution in [0.25, 0.3) is 11.0 Å². The number of hydrogen-bond acceptors (Lipinski definition) is 3. The number of rotatable bonds is 6. The maximum atomic E-state index is 9.38. The van der Waals surface area contributed by atoms with E-state index in [0.717, 1.165) is 24.4 Å². The van der Waals surface area contributed by atoms with Crippen LogP contribution in [0.4, 0.5) is 0 Å². The highest BCUT2D eigenvalue weighted by Gasteiger charge is 2.24. The standard InChI is InChI=1S/C16H25N3O/c1-12(16(3,4)11-20)17-9-10-19-13(2)18-14-7-5-6-8-15(14)19/h5-8,12,17,20H,9-11H2,1-4H3. The zero-order valence-electron chi connectivity index (χ0n) is 12.8. The van der Waals surface area contributed by atoms with Crippen molar-refractivity contribution in [2.45, 2.75) is 40.3 Å². The number of aliphatic hydroxyl groups excluding tert-OH is 1. The molecule has 4 nitrogen and oxygen atoms in total. The van der Waals surface area contributed by atoms with Gasteiger partial charge in [-0.15, -0.1) is 0 Å². The molecule has 0 saturated heterocycles. The second-order valence-electron chi connectivity index (χ2n) is 6.12. The van der Waals surface area contributed by atoms with Crippen LogP contribution in [0.1, 0.15) is 26.6 Å². The molecule has 0 amide bonds. The lowest BCUT2D eigenvalue weighted by atomic mass is 9.86. The second-order valence-corrected chi connectivity index (χ2v) is 6.12. The summed E-state index contributed by atoms with van der Waals surface area (Å²) in [6.07, 6.45) is 0. The fraction of sp³-hybridized carbons (Fsp3) is 0.562. The molecule has 0 saturated carbocycles. The monoisotopic (exact) mass is 275 g/mol. The molecule has 0 spiro atoms. The molecule has 0 fully saturated rings. The van der Waals surface area contributed by atoms with Gasteiger partial charge in [0.1, 0.15) is 5.82 Å². The van der Waals surface area contributed by atoms with Gasteiger partial charge in [0.25, 0.3) is 0 Å². The molecule has 0 aliphatic heterocycles. The minimum Gasteiger partial charge on any atom is -0.396 e. The molecule has 2 aromatic rings. The van der Waals surface area contributed by atoms with Gasteiger partial charge in [0.2, 0.25) is 0 Å². The summed E-state index contributed by atoms with van der Waals surface area (Å²) in [5, 5.41) is 12.9. The summed E-state index contributed by atoms with van der Waals surface area (Å²) in [7, 11) is 0. The Hall–Kier alpha value is -1.39. The molecule has 20 heavy (non-hydrogen) atoms. The average molecular weight is 275 g/mol. The lowest BCUT2D eigenvalue weighted by Gasteiger charge is -2.30. The van der Waals surface area contributed by atoms with Crippen molar-refractivity contribution in [1.82, 2.24) is 14.9 Å². The Labute approximate surface area is 120 Å². The van der Waals surface area contributed by atoms with E-state index in [-0.39, 0.29) is 18.1 Å². The van der Waals surface area contributed by atoms with Crippen LogP contribution in [0, 0.1) is 12.3 Å². The molecule has 4 heteroatoms. The highest BCUT2D eigenvalue weighted by atomic mass is 16.3. The van der Waals surface area contributed by atoms with Crippen molar-refractivity contribution < 1.29 is 5.11 Å². The number of hydrogen-bond donors (Lipinski definition) is 2. The summed E-state index contributed by atoms with van der Waals surface area (Å²) in [5.74, 6) is 1.04. The number of nitrogens with zero attached hydrogens (tertiary/aromatic N) is 2. The first-order chi connectivity index (χ1) is 9.45. The molecule has 0 aliphatic carbocycles. The SMILES string of the molecule is Cc1nc2ccccc2n1CCNC(C)C(C)(C)CO. The maximum absolute atomic E-state index is 9.38. The first kappa shape index (κ1) is 15.0. The molecule has 1 aromatic heterocycles. The summed E-state index contributed by atoms with van der Waals surface area (Å²) < 4.78 is 2.24. The fourth-order valence-electron chi connectivity index (χ4n) is 2.28. The van der Waals surface area contributed by atoms with E-state index in [1.165, 1.54) is 5.52 Å². The Kier molecular flexibility index (Phi) is 4.45. The van der Waals surface area contributed by atoms with Gasteiger partial charge < -0.3 is 15.0 Å². The topological polar surface area (TPSA) is 50.1 Å². The van der Waals surface area contributed by atoms with E-state index in [2.05, 4.69) is 41.7 Å². The van der Waals surface area contributed by atoms with Crippen molar-refractivity contribution in [3.63, 3.8) is 0 Å². The Morgan fingerprint density at radius 2 is 2.05 bits per heavy atom. The molecular formula is C16H25N3O. The van der Waals surface area contributed by atoms with Crippen molar-refractivity contribution in [3.8, 4) is 0 Å². The van der Waals surface area contributed by atoms with Crippen molar-refractivity contribution in [2.75, 3.05) is 13.2 Å². The third-order valence-electron chi connectivity index (χ3n) is 4.21. The summed E-state index contributed by atoms with van der Waals surface area (Å²) in [4.78, 5) is 4.57. The molecule has 1 unspecified atom stereocenters. The van der Waals surface area contributed by atoms with Crippen LogP contribution in [0.15, 0.2) is 24.3 Å². The number of fused-ring (bicyclic) bond motifs is 1. The molecule has 110 valence electrons. The third kappa shape index (κ3) is 3.02. The van der Waals surface area contributed by atoms with Crippen LogP contribution >= 0.6 is 0 Å². The zero-order valence-corrected chi connectivity index (χ0v) is 12.8. The predicted molar refractivity (Wildman–Crippen MR) is 82.8 cm³/mol. The highest BCUT2D eigenvalue weighted by molar-refractivity contribution is 5.75. The van der Waals surface area contributed by atoms with Crippen molar-refractivity contribution >= 4 is 11.0 Å². The van der Waals surface area contributed by atoms with Crippen LogP contribution in [0.5, 0.6) is 0 Å². The van der Waals surface area contributed by atoms with E-state index in [1.807, 2.05) is 25.1 Å². The number of nitrogens with one attached hydrogen (secondary N) is 1. The molecule has 1 aromatic carbocycles. The van der Waals surface area contributed by atoms with Gasteiger partial charge in [0, 0.05) is 31.2 Å². The predicted octanol–water partition coefficient (Wildman–Crippen LogP) is 2.34. The smallest absolute Gasteiger partial charge is 0.106 e. The second kappa shape index (κ2) is 5.94. The first-order valence-corrected chi connectivity index (χ1v) is 7.22. The average Bonchev–Trinajstić information content (AvgIpc) is 2.75. The Balaban J connectivity index is 2.02. The van der Waals surface area contributed by atoms with Crippen LogP contribution in [-0.2, 0) is 6.54 Å². The van der Waals surface area contributed by atoms with Gasteiger partial charge >= 0.3 is 0 Å². The van der Waals surface area contributed by atoms with Crippen LogP contribution in [0.3, 0.4) is 0 Å². The summed E-state index contributed by atoms with van der Waals surface area (Å²) in [5.41, 5.74) is 2.13. The van der Waals surface area contributed by atoms with Gasteiger partial charge in [0.05, 0.1) is 11.0 Å². The van der Waals surface area contributed by atoms with E-state index in [4.69, 9.17) is 0 Å². The van der Waals surface area contributed by atoms with Crippen LogP contribution in [0.2, 0.25) is 0 Å². The number of aryl methyl sites for hydroxylation is 1. The van der Waals surface area contributed by atoms with Gasteiger partial charge in [-0.2, -0.15) is 0 Å². The number of imidazole rings is 1. The van der Waals surface area contributed by atoms with Gasteiger partial charge in [0.15, 0.2) is 0 Å². The van der Waals surface area contributed by atoms with Gasteiger partial charge in [-0.3, -0.25) is 0 Å². The summed E-state index contributed by atoms with van der Waals surface area (Å²) in [6, 6.07) is 8.48. The summed E-state index contributed by atoms with van der Waals surface area (Å²) >= 11 is 0. The lowest BCUT2D eigenvalue weighted by molar-refractivity contribution is 0.122. The van der Waals surface area contributed by atoms with E-state index < -0.39 is 0 Å². The molecule has 2 rings (SSSR count). The van der Waals surface area contributed by atoms with Crippen molar-refractivity contribution in [1.29, 1.82) is 0 Å². The van der Waals surface area contributed by atoms with Crippen LogP contribution < -0.4 is 5.32 Å². The van der Waals surface area contributed by atoms with E-state index in [9.17, 15) is 5.11 Å². The Morgan fingerprint density at radius 3 is 2.75 bits per heavy atom. The van der Waals surface area contributed by atoms with E-state index in [1.54, 1.807) is 0 Å². The molecule has 0 bridgehead atoms. The summed E-state index contributed by atoms with van der Waals surface area (Å²) in [6.45, 7) is 10.2. The van der Waals surface area contributed by atoms with Gasteiger partial charge in [-0.05, 0) is 26.0 Å². The quantitative estimate of drug-likeness (QED) is 0.851. The molecular weight excluding hydrogens is 250 g/mol. The zero-order chi connectivity index (χ0) is 14.8. The molecule has 2 N–H and O–H groups in total. The number of benzene rings is 1. The minimum absolute atomic E-state index is 0.105. The molecule has 0 aliphatic rings. The number of aliphatic hydroxyl groups is 1. The molecule has 1 atom stereocenters. The van der Waals surface area contributed by atoms with Crippen LogP contribution in [-0.4, -0.2) is 33.9 Å².